The Morgan fingerprint density at radius 3 is 2.33 bits per heavy atom. The van der Waals surface area contributed by atoms with E-state index in [0.717, 1.165) is 6.42 Å². The van der Waals surface area contributed by atoms with Gasteiger partial charge in [0.1, 0.15) is 0 Å². The predicted octanol–water partition coefficient (Wildman–Crippen LogP) is 0.981. The summed E-state index contributed by atoms with van der Waals surface area (Å²) in [7, 11) is 0. The molecule has 0 aromatic heterocycles. The van der Waals surface area contributed by atoms with Crippen LogP contribution in [0.4, 0.5) is 0 Å². The van der Waals surface area contributed by atoms with Gasteiger partial charge in [-0.1, -0.05) is 13.8 Å². The molecule has 0 spiro atoms. The van der Waals surface area contributed by atoms with E-state index < -0.39 is 0 Å². The summed E-state index contributed by atoms with van der Waals surface area (Å²) >= 11 is 0. The highest BCUT2D eigenvalue weighted by Gasteiger charge is 1.90. The third kappa shape index (κ3) is 2.21. The third-order valence-electron chi connectivity index (χ3n) is 0.804. The Balaban J connectivity index is 2.75. The van der Waals surface area contributed by atoms with E-state index in [4.69, 9.17) is 5.11 Å². The van der Waals surface area contributed by atoms with E-state index in [-0.39, 0.29) is 6.10 Å². The van der Waals surface area contributed by atoms with Crippen LogP contribution in [-0.2, 0) is 0 Å². The highest BCUT2D eigenvalue weighted by Crippen LogP contribution is 1.91. The molecule has 37 valence electrons. The first-order chi connectivity index (χ1) is 2.81. The molecule has 0 rings (SSSR count). The van der Waals surface area contributed by atoms with Crippen molar-refractivity contribution in [1.29, 1.82) is 0 Å². The maximum atomic E-state index is 8.60. The quantitative estimate of drug-likeness (QED) is 0.532. The van der Waals surface area contributed by atoms with Crippen molar-refractivity contribution in [2.45, 2.75) is 25.9 Å². The Bertz CT molecular complexity index is 23.1. The maximum absolute atomic E-state index is 8.60. The van der Waals surface area contributed by atoms with E-state index >= 15 is 0 Å². The van der Waals surface area contributed by atoms with Gasteiger partial charge in [-0.2, -0.15) is 0 Å². The minimum absolute atomic E-state index is 0.176. The lowest BCUT2D eigenvalue weighted by Crippen LogP contribution is -1.99. The van der Waals surface area contributed by atoms with E-state index in [1.165, 1.54) is 0 Å². The molecular weight excluding hydrogens is 76.1 g/mol. The summed E-state index contributed by atoms with van der Waals surface area (Å²) in [5.74, 6) is 0. The molecule has 1 atom stereocenters. The molecule has 0 amide bonds. The number of hydrogen-bond donors (Lipinski definition) is 1. The summed E-state index contributed by atoms with van der Waals surface area (Å²) in [6, 6.07) is 0. The molecule has 6 heavy (non-hydrogen) atoms. The zero-order valence-electron chi connectivity index (χ0n) is 4.15. The molecule has 0 saturated heterocycles. The van der Waals surface area contributed by atoms with Crippen molar-refractivity contribution in [1.82, 2.24) is 0 Å². The van der Waals surface area contributed by atoms with Crippen LogP contribution in [0.1, 0.15) is 19.8 Å². The van der Waals surface area contributed by atoms with Crippen LogP contribution in [0.15, 0.2) is 0 Å². The van der Waals surface area contributed by atoms with Gasteiger partial charge >= 0.3 is 0 Å². The van der Waals surface area contributed by atoms with E-state index in [1.54, 1.807) is 0 Å². The summed E-state index contributed by atoms with van der Waals surface area (Å²) < 4.78 is 0. The maximum Gasteiger partial charge on any atom is 0.0537 e. The molecule has 1 N–H and O–H groups in total. The van der Waals surface area contributed by atoms with E-state index in [2.05, 4.69) is 6.92 Å². The lowest BCUT2D eigenvalue weighted by molar-refractivity contribution is 0.173. The molecule has 1 unspecified atom stereocenters. The van der Waals surface area contributed by atoms with Gasteiger partial charge in [0, 0.05) is 0 Å². The van der Waals surface area contributed by atoms with Crippen LogP contribution in [0.5, 0.6) is 0 Å². The first-order valence-corrected chi connectivity index (χ1v) is 2.28. The van der Waals surface area contributed by atoms with Crippen LogP contribution in [0.25, 0.3) is 0 Å². The van der Waals surface area contributed by atoms with Gasteiger partial charge in [0.25, 0.3) is 0 Å². The molecule has 0 aromatic carbocycles. The Morgan fingerprint density at radius 1 is 1.83 bits per heavy atom. The van der Waals surface area contributed by atoms with Crippen molar-refractivity contribution >= 4 is 0 Å². The molecule has 1 radical (unpaired) electrons. The second kappa shape index (κ2) is 3.16. The van der Waals surface area contributed by atoms with E-state index in [9.17, 15) is 0 Å². The van der Waals surface area contributed by atoms with Gasteiger partial charge in [0.2, 0.25) is 0 Å². The number of hydrogen-bond acceptors (Lipinski definition) is 1. The SMILES string of the molecule is [CH2]CC(O)CC. The van der Waals surface area contributed by atoms with Gasteiger partial charge in [0.05, 0.1) is 6.10 Å². The number of rotatable bonds is 2. The first kappa shape index (κ1) is 5.96. The third-order valence-corrected chi connectivity index (χ3v) is 0.804. The fourth-order valence-corrected chi connectivity index (χ4v) is 0.204. The largest absolute Gasteiger partial charge is 0.393 e. The van der Waals surface area contributed by atoms with Gasteiger partial charge < -0.3 is 5.11 Å². The molecule has 0 fully saturated rings. The van der Waals surface area contributed by atoms with Crippen molar-refractivity contribution in [3.8, 4) is 0 Å². The fourth-order valence-electron chi connectivity index (χ4n) is 0.204. The van der Waals surface area contributed by atoms with Gasteiger partial charge in [-0.3, -0.25) is 0 Å². The average Bonchev–Trinajstić information content (AvgIpc) is 1.65. The monoisotopic (exact) mass is 87.1 g/mol. The van der Waals surface area contributed by atoms with Crippen molar-refractivity contribution in [2.75, 3.05) is 0 Å². The van der Waals surface area contributed by atoms with Crippen LogP contribution >= 0.6 is 0 Å². The smallest absolute Gasteiger partial charge is 0.0537 e. The second-order valence-corrected chi connectivity index (χ2v) is 1.35. The molecule has 0 bridgehead atoms. The lowest BCUT2D eigenvalue weighted by Gasteiger charge is -1.98. The molecule has 1 nitrogen and oxygen atoms in total. The van der Waals surface area contributed by atoms with Crippen LogP contribution in [0.3, 0.4) is 0 Å². The molecule has 0 aliphatic carbocycles. The van der Waals surface area contributed by atoms with E-state index in [0.29, 0.717) is 6.42 Å². The van der Waals surface area contributed by atoms with Crippen molar-refractivity contribution in [3.63, 3.8) is 0 Å². The summed E-state index contributed by atoms with van der Waals surface area (Å²) in [6.07, 6.45) is 1.28. The minimum Gasteiger partial charge on any atom is -0.393 e. The minimum atomic E-state index is -0.176. The highest BCUT2D eigenvalue weighted by molar-refractivity contribution is 4.50. The van der Waals surface area contributed by atoms with Gasteiger partial charge in [-0.15, -0.1) is 0 Å². The molecule has 0 saturated carbocycles. The zero-order chi connectivity index (χ0) is 4.99. The Kier molecular flexibility index (Phi) is 3.14. The van der Waals surface area contributed by atoms with E-state index in [1.807, 2.05) is 6.92 Å². The summed E-state index contributed by atoms with van der Waals surface area (Å²) in [4.78, 5) is 0. The van der Waals surface area contributed by atoms with Crippen LogP contribution in [0.2, 0.25) is 0 Å². The topological polar surface area (TPSA) is 20.2 Å². The Hall–Kier alpha value is -0.0400. The molecule has 1 heteroatoms. The fraction of sp³-hybridized carbons (Fsp3) is 0.800. The molecule has 0 aliphatic rings. The van der Waals surface area contributed by atoms with Gasteiger partial charge in [0.15, 0.2) is 0 Å². The summed E-state index contributed by atoms with van der Waals surface area (Å²) in [6.45, 7) is 5.45. The molecule has 0 aliphatic heterocycles. The van der Waals surface area contributed by atoms with Crippen molar-refractivity contribution in [3.05, 3.63) is 6.92 Å². The van der Waals surface area contributed by atoms with Crippen molar-refractivity contribution in [2.24, 2.45) is 0 Å². The summed E-state index contributed by atoms with van der Waals surface area (Å²) in [5, 5.41) is 8.60. The normalized spacial score (nSPS) is 10.0. The predicted molar refractivity (Wildman–Crippen MR) is 26.3 cm³/mol. The number of aliphatic hydroxyl groups is 1. The van der Waals surface area contributed by atoms with Crippen LogP contribution in [-0.4, -0.2) is 11.2 Å². The second-order valence-electron chi connectivity index (χ2n) is 1.35. The number of aliphatic hydroxyl groups excluding tert-OH is 1. The van der Waals surface area contributed by atoms with Crippen LogP contribution in [0, 0.1) is 6.92 Å². The first-order valence-electron chi connectivity index (χ1n) is 2.28. The molecular formula is C5H11O. The summed E-state index contributed by atoms with van der Waals surface area (Å²) in [5.41, 5.74) is 0. The molecule has 0 aromatic rings. The molecule has 0 heterocycles. The van der Waals surface area contributed by atoms with Gasteiger partial charge in [-0.25, -0.2) is 0 Å². The highest BCUT2D eigenvalue weighted by atomic mass is 16.3. The lowest BCUT2D eigenvalue weighted by atomic mass is 10.2. The van der Waals surface area contributed by atoms with Gasteiger partial charge in [-0.05, 0) is 12.8 Å². The average molecular weight is 87.1 g/mol. The zero-order valence-corrected chi connectivity index (χ0v) is 4.15. The standard InChI is InChI=1S/C5H11O/c1-3-5(6)4-2/h5-6H,1,3-4H2,2H3. The van der Waals surface area contributed by atoms with Crippen molar-refractivity contribution < 1.29 is 5.11 Å². The van der Waals surface area contributed by atoms with Crippen LogP contribution < -0.4 is 0 Å². The Morgan fingerprint density at radius 2 is 2.33 bits per heavy atom. The Labute approximate surface area is 39.0 Å².